The maximum absolute atomic E-state index is 12.5. The Kier molecular flexibility index (Phi) is 57.0. The molecule has 0 heterocycles. The van der Waals surface area contributed by atoms with Crippen LogP contribution in [0.5, 0.6) is 0 Å². The van der Waals surface area contributed by atoms with E-state index < -0.39 is 12.1 Å². The van der Waals surface area contributed by atoms with Gasteiger partial charge in [-0.1, -0.05) is 269 Å². The monoisotopic (exact) mass is 970 g/mol. The molecule has 0 aromatic carbocycles. The molecule has 0 fully saturated rings. The first-order valence-corrected chi connectivity index (χ1v) is 30.8. The number of unbranched alkanes of at least 4 members (excludes halogenated alkanes) is 42. The van der Waals surface area contributed by atoms with Gasteiger partial charge in [0, 0.05) is 12.8 Å². The van der Waals surface area contributed by atoms with Gasteiger partial charge in [0.2, 0.25) is 5.91 Å². The fourth-order valence-corrected chi connectivity index (χ4v) is 9.39. The zero-order valence-corrected chi connectivity index (χ0v) is 46.3. The molecule has 0 bridgehead atoms. The van der Waals surface area contributed by atoms with Crippen molar-refractivity contribution in [3.05, 3.63) is 36.5 Å². The van der Waals surface area contributed by atoms with Crippen molar-refractivity contribution in [1.82, 2.24) is 5.32 Å². The lowest BCUT2D eigenvalue weighted by atomic mass is 10.0. The minimum Gasteiger partial charge on any atom is -0.466 e. The zero-order chi connectivity index (χ0) is 50.0. The number of nitrogens with one attached hydrogen (secondary N) is 1. The molecule has 0 aromatic rings. The number of esters is 1. The van der Waals surface area contributed by atoms with E-state index in [1.54, 1.807) is 6.08 Å². The molecular formula is C63H119NO5. The van der Waals surface area contributed by atoms with Crippen LogP contribution >= 0.6 is 0 Å². The van der Waals surface area contributed by atoms with Crippen LogP contribution in [0.4, 0.5) is 0 Å². The molecule has 0 radical (unpaired) electrons. The third-order valence-corrected chi connectivity index (χ3v) is 14.1. The molecule has 0 spiro atoms. The molecule has 0 saturated carbocycles. The van der Waals surface area contributed by atoms with E-state index in [4.69, 9.17) is 4.74 Å². The highest BCUT2D eigenvalue weighted by molar-refractivity contribution is 5.76. The molecule has 0 aromatic heterocycles. The van der Waals surface area contributed by atoms with Crippen molar-refractivity contribution in [3.8, 4) is 0 Å². The highest BCUT2D eigenvalue weighted by atomic mass is 16.5. The van der Waals surface area contributed by atoms with Gasteiger partial charge in [-0.2, -0.15) is 0 Å². The Morgan fingerprint density at radius 3 is 1.03 bits per heavy atom. The molecule has 406 valence electrons. The molecule has 2 unspecified atom stereocenters. The van der Waals surface area contributed by atoms with Gasteiger partial charge in [0.25, 0.3) is 0 Å². The van der Waals surface area contributed by atoms with Crippen molar-refractivity contribution in [2.24, 2.45) is 0 Å². The third-order valence-electron chi connectivity index (χ3n) is 14.1. The van der Waals surface area contributed by atoms with Crippen molar-refractivity contribution in [2.75, 3.05) is 13.2 Å². The highest BCUT2D eigenvalue weighted by Crippen LogP contribution is 2.17. The van der Waals surface area contributed by atoms with Crippen LogP contribution in [0.1, 0.15) is 328 Å². The van der Waals surface area contributed by atoms with Crippen molar-refractivity contribution >= 4 is 11.9 Å². The Morgan fingerprint density at radius 2 is 0.681 bits per heavy atom. The topological polar surface area (TPSA) is 95.9 Å². The van der Waals surface area contributed by atoms with Crippen LogP contribution in [-0.2, 0) is 14.3 Å². The second-order valence-corrected chi connectivity index (χ2v) is 21.0. The van der Waals surface area contributed by atoms with Crippen LogP contribution in [0.3, 0.4) is 0 Å². The van der Waals surface area contributed by atoms with Gasteiger partial charge in [0.05, 0.1) is 25.4 Å². The molecule has 0 aliphatic heterocycles. The molecule has 0 aliphatic carbocycles. The first-order valence-electron chi connectivity index (χ1n) is 30.8. The molecule has 3 N–H and O–H groups in total. The van der Waals surface area contributed by atoms with Crippen molar-refractivity contribution in [2.45, 2.75) is 341 Å². The van der Waals surface area contributed by atoms with Gasteiger partial charge >= 0.3 is 5.97 Å². The van der Waals surface area contributed by atoms with Crippen molar-refractivity contribution < 1.29 is 24.5 Å². The molecule has 69 heavy (non-hydrogen) atoms. The third kappa shape index (κ3) is 55.2. The van der Waals surface area contributed by atoms with Crippen LogP contribution in [-0.4, -0.2) is 47.4 Å². The summed E-state index contributed by atoms with van der Waals surface area (Å²) in [5.74, 6) is -0.0946. The molecule has 0 aliphatic rings. The lowest BCUT2D eigenvalue weighted by Crippen LogP contribution is -2.45. The molecule has 6 heteroatoms. The molecule has 2 atom stereocenters. The number of aliphatic hydroxyl groups is 2. The second-order valence-electron chi connectivity index (χ2n) is 21.0. The molecular weight excluding hydrogens is 851 g/mol. The number of ether oxygens (including phenoxy) is 1. The van der Waals surface area contributed by atoms with E-state index >= 15 is 0 Å². The number of aliphatic hydroxyl groups excluding tert-OH is 2. The number of hydrogen-bond acceptors (Lipinski definition) is 5. The van der Waals surface area contributed by atoms with Gasteiger partial charge in [-0.15, -0.1) is 0 Å². The van der Waals surface area contributed by atoms with Crippen molar-refractivity contribution in [3.63, 3.8) is 0 Å². The summed E-state index contributed by atoms with van der Waals surface area (Å²) in [4.78, 5) is 24.5. The van der Waals surface area contributed by atoms with Gasteiger partial charge in [-0.05, 0) is 83.5 Å². The average molecular weight is 971 g/mol. The zero-order valence-electron chi connectivity index (χ0n) is 46.3. The highest BCUT2D eigenvalue weighted by Gasteiger charge is 2.18. The normalized spacial score (nSPS) is 12.8. The average Bonchev–Trinajstić information content (AvgIpc) is 3.35. The van der Waals surface area contributed by atoms with E-state index in [1.807, 2.05) is 6.08 Å². The van der Waals surface area contributed by atoms with Crippen molar-refractivity contribution in [1.29, 1.82) is 0 Å². The first-order chi connectivity index (χ1) is 34.0. The lowest BCUT2D eigenvalue weighted by Gasteiger charge is -2.20. The molecule has 1 amide bonds. The van der Waals surface area contributed by atoms with E-state index in [2.05, 4.69) is 43.5 Å². The number of carbonyl (C=O) groups is 2. The summed E-state index contributed by atoms with van der Waals surface area (Å²) >= 11 is 0. The van der Waals surface area contributed by atoms with Crippen LogP contribution in [0.2, 0.25) is 0 Å². The summed E-state index contributed by atoms with van der Waals surface area (Å²) in [6.45, 7) is 4.89. The van der Waals surface area contributed by atoms with Crippen LogP contribution in [0.25, 0.3) is 0 Å². The summed E-state index contributed by atoms with van der Waals surface area (Å²) in [5.41, 5.74) is 0. The van der Waals surface area contributed by atoms with E-state index in [0.29, 0.717) is 19.4 Å². The summed E-state index contributed by atoms with van der Waals surface area (Å²) in [7, 11) is 0. The summed E-state index contributed by atoms with van der Waals surface area (Å²) in [6.07, 6.45) is 73.2. The minimum atomic E-state index is -0.856. The number of allylic oxidation sites excluding steroid dienone is 5. The Balaban J connectivity index is 3.50. The minimum absolute atomic E-state index is 0.0116. The predicted molar refractivity (Wildman–Crippen MR) is 301 cm³/mol. The molecule has 0 saturated heterocycles. The molecule has 0 rings (SSSR count). The van der Waals surface area contributed by atoms with Gasteiger partial charge < -0.3 is 20.3 Å². The smallest absolute Gasteiger partial charge is 0.305 e. The first kappa shape index (κ1) is 67.1. The SMILES string of the molecule is CCCCCCCC/C=C\CCCCCCCC(=O)OCCCCCCCCC/C=C\CCCCCCCC(=O)NC(CO)C(O)/C=C/CCCCCCCCCCCCCCCCCCCCC. The fourth-order valence-electron chi connectivity index (χ4n) is 9.39. The Hall–Kier alpha value is -1.92. The predicted octanol–water partition coefficient (Wildman–Crippen LogP) is 19.2. The van der Waals surface area contributed by atoms with E-state index in [1.165, 1.54) is 238 Å². The van der Waals surface area contributed by atoms with Gasteiger partial charge in [-0.3, -0.25) is 9.59 Å². The van der Waals surface area contributed by atoms with Gasteiger partial charge in [0.1, 0.15) is 0 Å². The Morgan fingerprint density at radius 1 is 0.391 bits per heavy atom. The molecule has 6 nitrogen and oxygen atoms in total. The largest absolute Gasteiger partial charge is 0.466 e. The second kappa shape index (κ2) is 58.6. The summed E-state index contributed by atoms with van der Waals surface area (Å²) in [6, 6.07) is -0.642. The van der Waals surface area contributed by atoms with E-state index in [9.17, 15) is 19.8 Å². The Labute approximate surface area is 430 Å². The number of carbonyl (C=O) groups excluding carboxylic acids is 2. The maximum Gasteiger partial charge on any atom is 0.305 e. The fraction of sp³-hybridized carbons (Fsp3) is 0.873. The lowest BCUT2D eigenvalue weighted by molar-refractivity contribution is -0.143. The van der Waals surface area contributed by atoms with Gasteiger partial charge in [-0.25, -0.2) is 0 Å². The quantitative estimate of drug-likeness (QED) is 0.0321. The van der Waals surface area contributed by atoms with Crippen LogP contribution < -0.4 is 5.32 Å². The van der Waals surface area contributed by atoms with Gasteiger partial charge in [0.15, 0.2) is 0 Å². The Bertz CT molecular complexity index is 1120. The summed E-state index contributed by atoms with van der Waals surface area (Å²) in [5, 5.41) is 23.2. The maximum atomic E-state index is 12.5. The van der Waals surface area contributed by atoms with Crippen LogP contribution in [0, 0.1) is 0 Å². The van der Waals surface area contributed by atoms with E-state index in [-0.39, 0.29) is 18.5 Å². The number of hydrogen-bond donors (Lipinski definition) is 3. The standard InChI is InChI=1S/C63H119NO5/c1-3-5-7-9-11-13-15-17-19-20-21-22-23-24-28-31-35-39-43-47-51-55-61(66)60(59-65)64-62(67)56-52-48-44-40-36-32-29-25-26-30-34-38-42-46-50-54-58-69-63(68)57-53-49-45-41-37-33-27-18-16-14-12-10-8-6-4-2/h18,25,27,29,51,55,60-61,65-66H,3-17,19-24,26,28,30-50,52-54,56-59H2,1-2H3,(H,64,67)/b27-18-,29-25-,55-51+. The van der Waals surface area contributed by atoms with Crippen LogP contribution in [0.15, 0.2) is 36.5 Å². The summed E-state index contributed by atoms with van der Waals surface area (Å²) < 4.78 is 5.47. The van der Waals surface area contributed by atoms with E-state index in [0.717, 1.165) is 64.2 Å². The number of rotatable bonds is 57. The number of amides is 1.